The van der Waals surface area contributed by atoms with Gasteiger partial charge in [-0.1, -0.05) is 17.7 Å². The molecule has 1 aromatic rings. The fraction of sp³-hybridized carbons (Fsp3) is 0.529. The Labute approximate surface area is 152 Å². The molecule has 2 N–H and O–H groups in total. The summed E-state index contributed by atoms with van der Waals surface area (Å²) in [6.45, 7) is 6.47. The number of benzene rings is 1. The molecule has 1 atom stereocenters. The van der Waals surface area contributed by atoms with Crippen LogP contribution in [0.4, 0.5) is 16.2 Å². The van der Waals surface area contributed by atoms with Crippen molar-refractivity contribution in [1.29, 1.82) is 0 Å². The van der Waals surface area contributed by atoms with E-state index in [1.54, 1.807) is 32.0 Å². The summed E-state index contributed by atoms with van der Waals surface area (Å²) >= 11 is 6.34. The molecule has 0 aliphatic carbocycles. The van der Waals surface area contributed by atoms with Crippen LogP contribution in [0.3, 0.4) is 0 Å². The van der Waals surface area contributed by atoms with Crippen molar-refractivity contribution in [3.63, 3.8) is 0 Å². The third kappa shape index (κ3) is 5.79. The lowest BCUT2D eigenvalue weighted by Gasteiger charge is -2.31. The average Bonchev–Trinajstić information content (AvgIpc) is 2.55. The number of anilines is 2. The van der Waals surface area contributed by atoms with Crippen LogP contribution in [0.2, 0.25) is 5.02 Å². The summed E-state index contributed by atoms with van der Waals surface area (Å²) in [7, 11) is 0. The molecule has 1 aliphatic rings. The van der Waals surface area contributed by atoms with Crippen molar-refractivity contribution < 1.29 is 19.1 Å². The number of carbonyl (C=O) groups is 2. The minimum absolute atomic E-state index is 0.118. The van der Waals surface area contributed by atoms with Gasteiger partial charge >= 0.3 is 12.0 Å². The van der Waals surface area contributed by atoms with Gasteiger partial charge in [0.25, 0.3) is 0 Å². The predicted molar refractivity (Wildman–Crippen MR) is 97.4 cm³/mol. The minimum atomic E-state index is -0.395. The van der Waals surface area contributed by atoms with Crippen molar-refractivity contribution in [2.24, 2.45) is 0 Å². The van der Waals surface area contributed by atoms with Gasteiger partial charge in [0.1, 0.15) is 0 Å². The molecule has 138 valence electrons. The first-order valence-corrected chi connectivity index (χ1v) is 8.73. The minimum Gasteiger partial charge on any atom is -0.466 e. The summed E-state index contributed by atoms with van der Waals surface area (Å²) in [4.78, 5) is 25.8. The topological polar surface area (TPSA) is 79.9 Å². The van der Waals surface area contributed by atoms with E-state index in [0.717, 1.165) is 5.69 Å². The summed E-state index contributed by atoms with van der Waals surface area (Å²) in [6, 6.07) is 4.63. The second-order valence-electron chi connectivity index (χ2n) is 5.74. The van der Waals surface area contributed by atoms with E-state index < -0.39 is 6.03 Å². The molecule has 2 amide bonds. The van der Waals surface area contributed by atoms with Crippen molar-refractivity contribution in [3.8, 4) is 0 Å². The fourth-order valence-electron chi connectivity index (χ4n) is 2.63. The first-order chi connectivity index (χ1) is 12.0. The predicted octanol–water partition coefficient (Wildman–Crippen LogP) is 2.64. The van der Waals surface area contributed by atoms with Gasteiger partial charge in [0.2, 0.25) is 0 Å². The van der Waals surface area contributed by atoms with Gasteiger partial charge in [-0.25, -0.2) is 4.79 Å². The number of halogens is 1. The maximum atomic E-state index is 12.2. The van der Waals surface area contributed by atoms with E-state index in [1.165, 1.54) is 0 Å². The van der Waals surface area contributed by atoms with Crippen molar-refractivity contribution in [2.75, 3.05) is 43.1 Å². The molecule has 1 saturated heterocycles. The Kier molecular flexibility index (Phi) is 7.33. The zero-order valence-electron chi connectivity index (χ0n) is 14.5. The SMILES string of the molecule is CCOC(=O)CC(C)NC(=O)Nc1cccc(Cl)c1N1CCOCC1. The van der Waals surface area contributed by atoms with E-state index in [-0.39, 0.29) is 18.4 Å². The number of hydrogen-bond donors (Lipinski definition) is 2. The van der Waals surface area contributed by atoms with Gasteiger partial charge in [0, 0.05) is 19.1 Å². The van der Waals surface area contributed by atoms with Gasteiger partial charge in [-0.2, -0.15) is 0 Å². The fourth-order valence-corrected chi connectivity index (χ4v) is 2.92. The first kappa shape index (κ1) is 19.3. The smallest absolute Gasteiger partial charge is 0.319 e. The molecule has 1 heterocycles. The number of carbonyl (C=O) groups excluding carboxylic acids is 2. The van der Waals surface area contributed by atoms with E-state index in [0.29, 0.717) is 43.6 Å². The molecule has 8 heteroatoms. The van der Waals surface area contributed by atoms with Crippen molar-refractivity contribution >= 4 is 35.0 Å². The van der Waals surface area contributed by atoms with Crippen molar-refractivity contribution in [3.05, 3.63) is 23.2 Å². The number of para-hydroxylation sites is 1. The lowest BCUT2D eigenvalue weighted by atomic mass is 10.2. The molecule has 0 bridgehead atoms. The van der Waals surface area contributed by atoms with Crippen LogP contribution in [0, 0.1) is 0 Å². The summed E-state index contributed by atoms with van der Waals surface area (Å²) in [5.41, 5.74) is 1.40. The second-order valence-corrected chi connectivity index (χ2v) is 6.15. The number of urea groups is 1. The van der Waals surface area contributed by atoms with E-state index in [9.17, 15) is 9.59 Å². The highest BCUT2D eigenvalue weighted by Gasteiger charge is 2.20. The molecule has 0 saturated carbocycles. The molecular weight excluding hydrogens is 346 g/mol. The lowest BCUT2D eigenvalue weighted by Crippen LogP contribution is -2.39. The Morgan fingerprint density at radius 2 is 2.08 bits per heavy atom. The maximum Gasteiger partial charge on any atom is 0.319 e. The Balaban J connectivity index is 2.00. The summed E-state index contributed by atoms with van der Waals surface area (Å²) in [5.74, 6) is -0.341. The van der Waals surface area contributed by atoms with Gasteiger partial charge in [-0.3, -0.25) is 4.79 Å². The zero-order valence-corrected chi connectivity index (χ0v) is 15.3. The van der Waals surface area contributed by atoms with Crippen LogP contribution in [0.1, 0.15) is 20.3 Å². The Hall–Kier alpha value is -1.99. The normalized spacial score (nSPS) is 15.4. The third-order valence-corrected chi connectivity index (χ3v) is 4.02. The number of ether oxygens (including phenoxy) is 2. The lowest BCUT2D eigenvalue weighted by molar-refractivity contribution is -0.143. The summed E-state index contributed by atoms with van der Waals surface area (Å²) in [5, 5.41) is 6.11. The monoisotopic (exact) mass is 369 g/mol. The Morgan fingerprint density at radius 3 is 2.76 bits per heavy atom. The van der Waals surface area contributed by atoms with Crippen LogP contribution in [-0.4, -0.2) is 51.0 Å². The zero-order chi connectivity index (χ0) is 18.2. The van der Waals surface area contributed by atoms with Crippen LogP contribution in [0.15, 0.2) is 18.2 Å². The number of esters is 1. The Morgan fingerprint density at radius 1 is 1.36 bits per heavy atom. The van der Waals surface area contributed by atoms with E-state index >= 15 is 0 Å². The van der Waals surface area contributed by atoms with Gasteiger partial charge in [-0.05, 0) is 26.0 Å². The first-order valence-electron chi connectivity index (χ1n) is 8.35. The number of nitrogens with zero attached hydrogens (tertiary/aromatic N) is 1. The third-order valence-electron chi connectivity index (χ3n) is 3.72. The van der Waals surface area contributed by atoms with Crippen molar-refractivity contribution in [2.45, 2.75) is 26.3 Å². The molecule has 2 rings (SSSR count). The quantitative estimate of drug-likeness (QED) is 0.753. The number of rotatable bonds is 6. The van der Waals surface area contributed by atoms with Crippen molar-refractivity contribution in [1.82, 2.24) is 5.32 Å². The van der Waals surface area contributed by atoms with Crippen LogP contribution >= 0.6 is 11.6 Å². The van der Waals surface area contributed by atoms with Crippen LogP contribution in [-0.2, 0) is 14.3 Å². The standard InChI is InChI=1S/C17H24ClN3O4/c1-3-25-15(22)11-12(2)19-17(23)20-14-6-4-5-13(18)16(14)21-7-9-24-10-8-21/h4-6,12H,3,7-11H2,1-2H3,(H2,19,20,23). The van der Waals surface area contributed by atoms with Gasteiger partial charge in [0.15, 0.2) is 0 Å². The molecule has 25 heavy (non-hydrogen) atoms. The molecule has 7 nitrogen and oxygen atoms in total. The molecule has 1 aliphatic heterocycles. The second kappa shape index (κ2) is 9.48. The number of nitrogens with one attached hydrogen (secondary N) is 2. The molecule has 0 radical (unpaired) electrons. The Bertz CT molecular complexity index is 606. The van der Waals surface area contributed by atoms with Gasteiger partial charge in [-0.15, -0.1) is 0 Å². The van der Waals surface area contributed by atoms with Gasteiger partial charge in [0.05, 0.1) is 42.6 Å². The van der Waals surface area contributed by atoms with Crippen LogP contribution in [0.5, 0.6) is 0 Å². The summed E-state index contributed by atoms with van der Waals surface area (Å²) < 4.78 is 10.2. The molecule has 1 aromatic carbocycles. The molecule has 0 aromatic heterocycles. The average molecular weight is 370 g/mol. The highest BCUT2D eigenvalue weighted by molar-refractivity contribution is 6.34. The summed E-state index contributed by atoms with van der Waals surface area (Å²) in [6.07, 6.45) is 0.118. The van der Waals surface area contributed by atoms with Gasteiger partial charge < -0.3 is 25.0 Å². The van der Waals surface area contributed by atoms with E-state index in [4.69, 9.17) is 21.1 Å². The molecular formula is C17H24ClN3O4. The van der Waals surface area contributed by atoms with E-state index in [2.05, 4.69) is 15.5 Å². The number of hydrogen-bond acceptors (Lipinski definition) is 5. The number of morpholine rings is 1. The number of amides is 2. The van der Waals surface area contributed by atoms with E-state index in [1.807, 2.05) is 0 Å². The largest absolute Gasteiger partial charge is 0.466 e. The molecule has 0 spiro atoms. The highest BCUT2D eigenvalue weighted by atomic mass is 35.5. The van der Waals surface area contributed by atoms with Crippen LogP contribution in [0.25, 0.3) is 0 Å². The molecule has 1 fully saturated rings. The maximum absolute atomic E-state index is 12.2. The highest BCUT2D eigenvalue weighted by Crippen LogP contribution is 2.34. The molecule has 1 unspecified atom stereocenters. The van der Waals surface area contributed by atoms with Crippen LogP contribution < -0.4 is 15.5 Å².